The quantitative estimate of drug-likeness (QED) is 0.406. The normalized spacial score (nSPS) is 47.6. The van der Waals surface area contributed by atoms with Gasteiger partial charge in [-0.2, -0.15) is 0 Å². The van der Waals surface area contributed by atoms with E-state index in [2.05, 4.69) is 20.1 Å². The smallest absolute Gasteiger partial charge is 0.334 e. The SMILES string of the molecule is C=C1C(=O)O[C@H]2[C@H]1CC[C@]1(C)[C@@H](O)CCC(=C)[C@@H]21. The standard InChI is InChI=1S/C15H20O3/c1-8-4-5-11(16)15(3)7-6-10-9(2)14(17)18-13(10)12(8)15/h10-13,16H,1-2,4-7H2,3H3/t10-,11-,12-,13-,15+/m0/s1. The maximum atomic E-state index is 11.7. The summed E-state index contributed by atoms with van der Waals surface area (Å²) in [6.45, 7) is 10.1. The molecular formula is C15H20O3. The van der Waals surface area contributed by atoms with Gasteiger partial charge in [0.1, 0.15) is 6.10 Å². The van der Waals surface area contributed by atoms with Crippen molar-refractivity contribution < 1.29 is 14.6 Å². The van der Waals surface area contributed by atoms with Crippen LogP contribution in [-0.4, -0.2) is 23.3 Å². The Balaban J connectivity index is 2.00. The Labute approximate surface area is 108 Å². The molecule has 0 radical (unpaired) electrons. The fourth-order valence-electron chi connectivity index (χ4n) is 4.15. The van der Waals surface area contributed by atoms with E-state index in [4.69, 9.17) is 4.74 Å². The number of aliphatic hydroxyl groups is 1. The van der Waals surface area contributed by atoms with E-state index in [0.717, 1.165) is 31.3 Å². The minimum atomic E-state index is -0.318. The van der Waals surface area contributed by atoms with Gasteiger partial charge >= 0.3 is 5.97 Å². The number of hydrogen-bond donors (Lipinski definition) is 1. The zero-order valence-corrected chi connectivity index (χ0v) is 10.8. The van der Waals surface area contributed by atoms with Crippen molar-refractivity contribution >= 4 is 5.97 Å². The van der Waals surface area contributed by atoms with E-state index in [9.17, 15) is 9.90 Å². The minimum Gasteiger partial charge on any atom is -0.458 e. The Hall–Kier alpha value is -1.09. The predicted molar refractivity (Wildman–Crippen MR) is 67.7 cm³/mol. The van der Waals surface area contributed by atoms with Gasteiger partial charge in [-0.3, -0.25) is 0 Å². The molecule has 0 aromatic carbocycles. The summed E-state index contributed by atoms with van der Waals surface area (Å²) in [4.78, 5) is 11.7. The Kier molecular flexibility index (Phi) is 2.46. The number of ether oxygens (including phenoxy) is 1. The molecule has 2 aliphatic carbocycles. The molecule has 1 heterocycles. The lowest BCUT2D eigenvalue weighted by Crippen LogP contribution is -2.53. The highest BCUT2D eigenvalue weighted by atomic mass is 16.6. The third kappa shape index (κ3) is 1.37. The summed E-state index contributed by atoms with van der Waals surface area (Å²) in [7, 11) is 0. The molecule has 0 aromatic heterocycles. The van der Waals surface area contributed by atoms with Crippen molar-refractivity contribution in [2.75, 3.05) is 0 Å². The monoisotopic (exact) mass is 248 g/mol. The van der Waals surface area contributed by atoms with Crippen molar-refractivity contribution in [3.8, 4) is 0 Å². The Morgan fingerprint density at radius 1 is 1.39 bits per heavy atom. The first-order chi connectivity index (χ1) is 8.45. The molecule has 0 bridgehead atoms. The molecule has 18 heavy (non-hydrogen) atoms. The van der Waals surface area contributed by atoms with Crippen LogP contribution in [-0.2, 0) is 9.53 Å². The van der Waals surface area contributed by atoms with E-state index in [1.54, 1.807) is 0 Å². The van der Waals surface area contributed by atoms with Gasteiger partial charge in [0.25, 0.3) is 0 Å². The number of fused-ring (bicyclic) bond motifs is 3. The minimum absolute atomic E-state index is 0.0863. The maximum absolute atomic E-state index is 11.7. The molecule has 0 amide bonds. The van der Waals surface area contributed by atoms with E-state index >= 15 is 0 Å². The molecule has 0 aromatic rings. The topological polar surface area (TPSA) is 46.5 Å². The summed E-state index contributed by atoms with van der Waals surface area (Å²) in [5.74, 6) is -0.0528. The van der Waals surface area contributed by atoms with Gasteiger partial charge in [0, 0.05) is 22.8 Å². The van der Waals surface area contributed by atoms with Crippen molar-refractivity contribution in [2.24, 2.45) is 17.3 Å². The number of esters is 1. The zero-order chi connectivity index (χ0) is 13.1. The third-order valence-corrected chi connectivity index (χ3v) is 5.32. The molecule has 2 saturated carbocycles. The average molecular weight is 248 g/mol. The van der Waals surface area contributed by atoms with E-state index in [-0.39, 0.29) is 35.4 Å². The highest BCUT2D eigenvalue weighted by Gasteiger charge is 2.57. The largest absolute Gasteiger partial charge is 0.458 e. The Morgan fingerprint density at radius 3 is 2.83 bits per heavy atom. The van der Waals surface area contributed by atoms with Crippen LogP contribution in [0.15, 0.2) is 24.3 Å². The summed E-state index contributed by atoms with van der Waals surface area (Å²) < 4.78 is 5.52. The molecule has 3 fully saturated rings. The van der Waals surface area contributed by atoms with E-state index in [0.29, 0.717) is 5.57 Å². The van der Waals surface area contributed by atoms with Gasteiger partial charge < -0.3 is 9.84 Å². The predicted octanol–water partition coefficient (Wildman–Crippen LogP) is 2.21. The van der Waals surface area contributed by atoms with Gasteiger partial charge in [-0.15, -0.1) is 0 Å². The summed E-state index contributed by atoms with van der Waals surface area (Å²) in [6.07, 6.45) is 2.93. The second-order valence-corrected chi connectivity index (χ2v) is 6.24. The fraction of sp³-hybridized carbons (Fsp3) is 0.667. The number of rotatable bonds is 0. The molecule has 3 rings (SSSR count). The van der Waals surface area contributed by atoms with Gasteiger partial charge in [0.05, 0.1) is 6.10 Å². The summed E-state index contributed by atoms with van der Waals surface area (Å²) in [6, 6.07) is 0. The van der Waals surface area contributed by atoms with Crippen molar-refractivity contribution in [2.45, 2.75) is 44.8 Å². The van der Waals surface area contributed by atoms with Crippen LogP contribution in [0.2, 0.25) is 0 Å². The fourth-order valence-corrected chi connectivity index (χ4v) is 4.15. The molecule has 0 unspecified atom stereocenters. The van der Waals surface area contributed by atoms with Crippen LogP contribution < -0.4 is 0 Å². The molecule has 1 N–H and O–H groups in total. The van der Waals surface area contributed by atoms with Crippen molar-refractivity contribution in [3.63, 3.8) is 0 Å². The maximum Gasteiger partial charge on any atom is 0.334 e. The lowest BCUT2D eigenvalue weighted by atomic mass is 9.54. The molecular weight excluding hydrogens is 228 g/mol. The van der Waals surface area contributed by atoms with Crippen LogP contribution in [0.1, 0.15) is 32.6 Å². The molecule has 1 aliphatic heterocycles. The van der Waals surface area contributed by atoms with Gasteiger partial charge in [0.2, 0.25) is 0 Å². The average Bonchev–Trinajstić information content (AvgIpc) is 2.60. The van der Waals surface area contributed by atoms with Gasteiger partial charge in [-0.1, -0.05) is 25.7 Å². The lowest BCUT2D eigenvalue weighted by molar-refractivity contribution is -0.150. The van der Waals surface area contributed by atoms with Gasteiger partial charge in [-0.05, 0) is 25.7 Å². The first-order valence-corrected chi connectivity index (χ1v) is 6.70. The first kappa shape index (κ1) is 12.0. The van der Waals surface area contributed by atoms with Gasteiger partial charge in [0.15, 0.2) is 0 Å². The van der Waals surface area contributed by atoms with Crippen molar-refractivity contribution in [3.05, 3.63) is 24.3 Å². The van der Waals surface area contributed by atoms with Crippen LogP contribution in [0.25, 0.3) is 0 Å². The Bertz CT molecular complexity index is 439. The number of hydrogen-bond acceptors (Lipinski definition) is 3. The highest BCUT2D eigenvalue weighted by molar-refractivity contribution is 5.91. The number of carbonyl (C=O) groups excluding carboxylic acids is 1. The summed E-state index contributed by atoms with van der Waals surface area (Å²) in [5, 5.41) is 10.3. The third-order valence-electron chi connectivity index (χ3n) is 5.32. The molecule has 0 spiro atoms. The number of carbonyl (C=O) groups is 1. The van der Waals surface area contributed by atoms with E-state index < -0.39 is 0 Å². The van der Waals surface area contributed by atoms with Crippen LogP contribution in [0, 0.1) is 17.3 Å². The van der Waals surface area contributed by atoms with Crippen molar-refractivity contribution in [1.29, 1.82) is 0 Å². The van der Waals surface area contributed by atoms with Gasteiger partial charge in [-0.25, -0.2) is 4.79 Å². The molecule has 3 nitrogen and oxygen atoms in total. The van der Waals surface area contributed by atoms with E-state index in [1.165, 1.54) is 0 Å². The summed E-state index contributed by atoms with van der Waals surface area (Å²) >= 11 is 0. The highest BCUT2D eigenvalue weighted by Crippen LogP contribution is 2.57. The van der Waals surface area contributed by atoms with Crippen molar-refractivity contribution in [1.82, 2.24) is 0 Å². The molecule has 3 aliphatic rings. The lowest BCUT2D eigenvalue weighted by Gasteiger charge is -2.52. The second kappa shape index (κ2) is 3.70. The molecule has 5 atom stereocenters. The molecule has 1 saturated heterocycles. The second-order valence-electron chi connectivity index (χ2n) is 6.24. The summed E-state index contributed by atoms with van der Waals surface area (Å²) in [5.41, 5.74) is 1.54. The Morgan fingerprint density at radius 2 is 2.11 bits per heavy atom. The van der Waals surface area contributed by atoms with Crippen LogP contribution >= 0.6 is 0 Å². The molecule has 98 valence electrons. The van der Waals surface area contributed by atoms with Crippen LogP contribution in [0.3, 0.4) is 0 Å². The van der Waals surface area contributed by atoms with E-state index in [1.807, 2.05) is 0 Å². The zero-order valence-electron chi connectivity index (χ0n) is 10.8. The molecule has 3 heteroatoms. The number of aliphatic hydroxyl groups excluding tert-OH is 1. The van der Waals surface area contributed by atoms with Crippen LogP contribution in [0.5, 0.6) is 0 Å². The van der Waals surface area contributed by atoms with Crippen LogP contribution in [0.4, 0.5) is 0 Å². The first-order valence-electron chi connectivity index (χ1n) is 6.70.